The number of benzene rings is 1. The monoisotopic (exact) mass is 234 g/mol. The van der Waals surface area contributed by atoms with E-state index in [2.05, 4.69) is 24.3 Å². The highest BCUT2D eigenvalue weighted by Crippen LogP contribution is 2.09. The zero-order valence-corrected chi connectivity index (χ0v) is 7.21. The summed E-state index contributed by atoms with van der Waals surface area (Å²) in [5, 5.41) is 0. The molecular weight excluding hydrogens is 225 g/mol. The molecule has 1 aromatic carbocycles. The third kappa shape index (κ3) is 2.32. The normalized spacial score (nSPS) is 9.44. The first-order valence-electron chi connectivity index (χ1n) is 2.75. The standard InChI is InChI=1S/C7H9IN/c9-8-6-7-4-2-1-3-5-7/h1-5H,6,9H2. The van der Waals surface area contributed by atoms with E-state index in [4.69, 9.17) is 3.95 Å². The predicted molar refractivity (Wildman–Crippen MR) is 48.4 cm³/mol. The van der Waals surface area contributed by atoms with Gasteiger partial charge in [-0.25, -0.2) is 0 Å². The highest BCUT2D eigenvalue weighted by molar-refractivity contribution is 14.2. The topological polar surface area (TPSA) is 26.0 Å². The van der Waals surface area contributed by atoms with Crippen LogP contribution in [0.15, 0.2) is 30.3 Å². The van der Waals surface area contributed by atoms with Gasteiger partial charge in [-0.3, -0.25) is 3.95 Å². The van der Waals surface area contributed by atoms with Crippen molar-refractivity contribution in [2.45, 2.75) is 4.43 Å². The third-order valence-electron chi connectivity index (χ3n) is 1.07. The summed E-state index contributed by atoms with van der Waals surface area (Å²) in [7, 11) is 0. The van der Waals surface area contributed by atoms with Gasteiger partial charge in [-0.1, -0.05) is 51.8 Å². The molecule has 49 valence electrons. The number of nitrogens with two attached hydrogens (primary N) is 1. The van der Waals surface area contributed by atoms with Crippen LogP contribution < -0.4 is 3.95 Å². The van der Waals surface area contributed by atoms with Crippen molar-refractivity contribution in [1.82, 2.24) is 0 Å². The molecule has 2 N–H and O–H groups in total. The molecule has 0 aliphatic rings. The molecule has 0 unspecified atom stereocenters. The second-order valence-corrected chi connectivity index (χ2v) is 3.42. The maximum atomic E-state index is 5.47. The highest BCUT2D eigenvalue weighted by Gasteiger charge is 1.85. The minimum atomic E-state index is -0.0712. The lowest BCUT2D eigenvalue weighted by molar-refractivity contribution is 1.46. The molecule has 0 spiro atoms. The zero-order chi connectivity index (χ0) is 6.53. The van der Waals surface area contributed by atoms with Crippen LogP contribution in [0.25, 0.3) is 0 Å². The van der Waals surface area contributed by atoms with Gasteiger partial charge < -0.3 is 0 Å². The van der Waals surface area contributed by atoms with E-state index in [9.17, 15) is 0 Å². The molecule has 0 atom stereocenters. The Labute approximate surface area is 65.9 Å². The Morgan fingerprint density at radius 3 is 2.44 bits per heavy atom. The first kappa shape index (κ1) is 7.02. The van der Waals surface area contributed by atoms with Crippen molar-refractivity contribution in [3.8, 4) is 0 Å². The van der Waals surface area contributed by atoms with Gasteiger partial charge in [-0.05, 0) is 5.56 Å². The maximum Gasteiger partial charge on any atom is 0.0295 e. The fraction of sp³-hybridized carbons (Fsp3) is 0.143. The van der Waals surface area contributed by atoms with E-state index >= 15 is 0 Å². The van der Waals surface area contributed by atoms with E-state index < -0.39 is 0 Å². The van der Waals surface area contributed by atoms with Gasteiger partial charge in [0.05, 0.1) is 0 Å². The molecule has 1 nitrogen and oxygen atoms in total. The average Bonchev–Trinajstić information content (AvgIpc) is 1.91. The fourth-order valence-corrected chi connectivity index (χ4v) is 1.67. The van der Waals surface area contributed by atoms with Crippen molar-refractivity contribution in [2.24, 2.45) is 3.95 Å². The zero-order valence-electron chi connectivity index (χ0n) is 5.05. The molecule has 0 aliphatic carbocycles. The van der Waals surface area contributed by atoms with E-state index in [0.29, 0.717) is 0 Å². The molecule has 2 heteroatoms. The molecule has 1 aromatic rings. The van der Waals surface area contributed by atoms with Gasteiger partial charge in [0.25, 0.3) is 0 Å². The number of alkyl halides is 1. The van der Waals surface area contributed by atoms with Gasteiger partial charge in [-0.2, -0.15) is 0 Å². The lowest BCUT2D eigenvalue weighted by atomic mass is 10.2. The van der Waals surface area contributed by atoms with Crippen molar-refractivity contribution in [1.29, 1.82) is 0 Å². The fourth-order valence-electron chi connectivity index (χ4n) is 0.656. The highest BCUT2D eigenvalue weighted by atomic mass is 127. The SMILES string of the molecule is N[I]Cc1ccccc1. The Bertz CT molecular complexity index is 162. The number of rotatable bonds is 2. The molecule has 0 fully saturated rings. The van der Waals surface area contributed by atoms with Gasteiger partial charge in [0.15, 0.2) is 0 Å². The van der Waals surface area contributed by atoms with Crippen molar-refractivity contribution in [3.63, 3.8) is 0 Å². The molecule has 0 saturated heterocycles. The summed E-state index contributed by atoms with van der Waals surface area (Å²) in [6.45, 7) is 0. The van der Waals surface area contributed by atoms with Gasteiger partial charge in [0.2, 0.25) is 0 Å². The minimum Gasteiger partial charge on any atom is -0.283 e. The van der Waals surface area contributed by atoms with Crippen LogP contribution in [-0.4, -0.2) is 0 Å². The summed E-state index contributed by atoms with van der Waals surface area (Å²) in [6.07, 6.45) is 0. The van der Waals surface area contributed by atoms with Gasteiger partial charge in [-0.15, -0.1) is 0 Å². The number of halogens is 1. The molecular formula is C7H9IN. The van der Waals surface area contributed by atoms with Crippen LogP contribution in [0, 0.1) is 0 Å². The van der Waals surface area contributed by atoms with Crippen molar-refractivity contribution in [2.75, 3.05) is 0 Å². The summed E-state index contributed by atoms with van der Waals surface area (Å²) in [5.74, 6) is 0. The summed E-state index contributed by atoms with van der Waals surface area (Å²) >= 11 is -0.0712. The predicted octanol–water partition coefficient (Wildman–Crippen LogP) is 2.03. The summed E-state index contributed by atoms with van der Waals surface area (Å²) in [4.78, 5) is 0. The van der Waals surface area contributed by atoms with E-state index in [1.54, 1.807) is 0 Å². The Kier molecular flexibility index (Phi) is 3.00. The molecule has 0 heterocycles. The molecule has 9 heavy (non-hydrogen) atoms. The Hall–Kier alpha value is -0.0900. The first-order valence-corrected chi connectivity index (χ1v) is 5.52. The van der Waals surface area contributed by atoms with E-state index in [1.165, 1.54) is 5.56 Å². The molecule has 0 amide bonds. The van der Waals surface area contributed by atoms with Crippen molar-refractivity contribution < 1.29 is 0 Å². The lowest BCUT2D eigenvalue weighted by Crippen LogP contribution is -1.79. The van der Waals surface area contributed by atoms with Gasteiger partial charge in [0.1, 0.15) is 0 Å². The summed E-state index contributed by atoms with van der Waals surface area (Å²) < 4.78 is 6.57. The molecule has 0 aliphatic heterocycles. The largest absolute Gasteiger partial charge is 0.283 e. The molecule has 1 radical (unpaired) electrons. The van der Waals surface area contributed by atoms with Crippen LogP contribution in [0.4, 0.5) is 0 Å². The Balaban J connectivity index is 2.61. The maximum absolute atomic E-state index is 5.47. The summed E-state index contributed by atoms with van der Waals surface area (Å²) in [6, 6.07) is 10.4. The van der Waals surface area contributed by atoms with Crippen LogP contribution in [0.1, 0.15) is 5.56 Å². The molecule has 0 aromatic heterocycles. The van der Waals surface area contributed by atoms with Crippen LogP contribution in [0.3, 0.4) is 0 Å². The van der Waals surface area contributed by atoms with Crippen LogP contribution >= 0.6 is 21.5 Å². The van der Waals surface area contributed by atoms with Crippen LogP contribution in [0.2, 0.25) is 0 Å². The second-order valence-electron chi connectivity index (χ2n) is 1.77. The van der Waals surface area contributed by atoms with Crippen LogP contribution in [-0.2, 0) is 4.43 Å². The molecule has 1 rings (SSSR count). The third-order valence-corrected chi connectivity index (χ3v) is 2.40. The number of hydrogen-bond acceptors (Lipinski definition) is 1. The van der Waals surface area contributed by atoms with E-state index in [-0.39, 0.29) is 21.5 Å². The average molecular weight is 234 g/mol. The minimum absolute atomic E-state index is 0.0712. The van der Waals surface area contributed by atoms with E-state index in [1.807, 2.05) is 6.07 Å². The smallest absolute Gasteiger partial charge is 0.0295 e. The lowest BCUT2D eigenvalue weighted by Gasteiger charge is -1.93. The van der Waals surface area contributed by atoms with Crippen molar-refractivity contribution >= 4 is 21.5 Å². The first-order chi connectivity index (χ1) is 4.43. The van der Waals surface area contributed by atoms with Crippen molar-refractivity contribution in [3.05, 3.63) is 35.9 Å². The molecule has 0 bridgehead atoms. The van der Waals surface area contributed by atoms with Gasteiger partial charge in [0, 0.05) is 4.43 Å². The van der Waals surface area contributed by atoms with Gasteiger partial charge >= 0.3 is 0 Å². The summed E-state index contributed by atoms with van der Waals surface area (Å²) in [5.41, 5.74) is 1.37. The quantitative estimate of drug-likeness (QED) is 0.473. The Morgan fingerprint density at radius 2 is 1.89 bits per heavy atom. The van der Waals surface area contributed by atoms with E-state index in [0.717, 1.165) is 4.43 Å². The second kappa shape index (κ2) is 3.85. The number of hydrogen-bond donors (Lipinski definition) is 1. The van der Waals surface area contributed by atoms with Crippen LogP contribution in [0.5, 0.6) is 0 Å². The Morgan fingerprint density at radius 1 is 1.22 bits per heavy atom. The molecule has 0 saturated carbocycles.